The molecule has 0 bridgehead atoms. The molecular formula is C18H16ClN3O3S. The van der Waals surface area contributed by atoms with Crippen LogP contribution in [0.3, 0.4) is 0 Å². The van der Waals surface area contributed by atoms with Gasteiger partial charge in [0.05, 0.1) is 23.9 Å². The molecule has 2 heterocycles. The third-order valence-electron chi connectivity index (χ3n) is 3.62. The molecule has 0 spiro atoms. The van der Waals surface area contributed by atoms with Crippen LogP contribution in [-0.4, -0.2) is 16.8 Å². The van der Waals surface area contributed by atoms with E-state index in [0.717, 1.165) is 5.56 Å². The first-order valence-electron chi connectivity index (χ1n) is 7.82. The van der Waals surface area contributed by atoms with Crippen molar-refractivity contribution in [1.29, 1.82) is 0 Å². The number of hydrogen-bond acceptors (Lipinski definition) is 5. The van der Waals surface area contributed by atoms with E-state index in [1.807, 2.05) is 12.1 Å². The van der Waals surface area contributed by atoms with Gasteiger partial charge >= 0.3 is 0 Å². The summed E-state index contributed by atoms with van der Waals surface area (Å²) in [6.07, 6.45) is 1.60. The summed E-state index contributed by atoms with van der Waals surface area (Å²) >= 11 is 7.10. The standard InChI is InChI=1S/C18H16ClN3O3S/c1-11-15(6-7-25-11)17(24)22-18-21-14(10-26-18)8-16(23)20-9-12-2-4-13(19)5-3-12/h2-7,10H,8-9H2,1H3,(H,20,23)(H,21,22,24). The quantitative estimate of drug-likeness (QED) is 0.671. The van der Waals surface area contributed by atoms with Gasteiger partial charge in [-0.05, 0) is 30.7 Å². The summed E-state index contributed by atoms with van der Waals surface area (Å²) in [4.78, 5) is 28.4. The van der Waals surface area contributed by atoms with Gasteiger partial charge in [-0.2, -0.15) is 0 Å². The van der Waals surface area contributed by atoms with E-state index in [0.29, 0.717) is 33.7 Å². The third kappa shape index (κ3) is 4.71. The number of benzene rings is 1. The molecule has 0 aliphatic heterocycles. The number of anilines is 1. The Bertz CT molecular complexity index is 918. The molecule has 3 rings (SSSR count). The van der Waals surface area contributed by atoms with Gasteiger partial charge in [0.25, 0.3) is 5.91 Å². The summed E-state index contributed by atoms with van der Waals surface area (Å²) in [5, 5.41) is 8.38. The minimum atomic E-state index is -0.288. The van der Waals surface area contributed by atoms with Crippen LogP contribution in [0.5, 0.6) is 0 Å². The first kappa shape index (κ1) is 18.2. The summed E-state index contributed by atoms with van der Waals surface area (Å²) < 4.78 is 5.11. The van der Waals surface area contributed by atoms with E-state index in [1.165, 1.54) is 17.6 Å². The van der Waals surface area contributed by atoms with E-state index in [-0.39, 0.29) is 18.2 Å². The van der Waals surface area contributed by atoms with E-state index >= 15 is 0 Å². The van der Waals surface area contributed by atoms with Crippen LogP contribution in [0, 0.1) is 6.92 Å². The van der Waals surface area contributed by atoms with Gasteiger partial charge in [0.1, 0.15) is 5.76 Å². The molecule has 1 aromatic carbocycles. The van der Waals surface area contributed by atoms with Crippen LogP contribution in [0.25, 0.3) is 0 Å². The monoisotopic (exact) mass is 389 g/mol. The number of halogens is 1. The number of carbonyl (C=O) groups is 2. The number of furan rings is 1. The molecule has 6 nitrogen and oxygen atoms in total. The number of thiazole rings is 1. The van der Waals surface area contributed by atoms with Crippen molar-refractivity contribution in [3.63, 3.8) is 0 Å². The Hall–Kier alpha value is -2.64. The first-order valence-corrected chi connectivity index (χ1v) is 9.08. The number of nitrogens with one attached hydrogen (secondary N) is 2. The molecule has 8 heteroatoms. The molecule has 0 radical (unpaired) electrons. The second-order valence-corrected chi connectivity index (χ2v) is 6.86. The summed E-state index contributed by atoms with van der Waals surface area (Å²) in [5.41, 5.74) is 2.02. The van der Waals surface area contributed by atoms with Crippen LogP contribution in [0.2, 0.25) is 5.02 Å². The first-order chi connectivity index (χ1) is 12.5. The molecule has 0 saturated heterocycles. The highest BCUT2D eigenvalue weighted by Crippen LogP contribution is 2.18. The Morgan fingerprint density at radius 2 is 2.00 bits per heavy atom. The molecule has 0 aliphatic carbocycles. The summed E-state index contributed by atoms with van der Waals surface area (Å²) in [7, 11) is 0. The Morgan fingerprint density at radius 3 is 2.69 bits per heavy atom. The van der Waals surface area contributed by atoms with Crippen LogP contribution in [0.4, 0.5) is 5.13 Å². The Kier molecular flexibility index (Phi) is 5.70. The fraction of sp³-hybridized carbons (Fsp3) is 0.167. The fourth-order valence-corrected chi connectivity index (χ4v) is 3.09. The SMILES string of the molecule is Cc1occc1C(=O)Nc1nc(CC(=O)NCc2ccc(Cl)cc2)cs1. The van der Waals surface area contributed by atoms with Crippen molar-refractivity contribution in [3.8, 4) is 0 Å². The van der Waals surface area contributed by atoms with Crippen molar-refractivity contribution in [1.82, 2.24) is 10.3 Å². The lowest BCUT2D eigenvalue weighted by atomic mass is 10.2. The van der Waals surface area contributed by atoms with Gasteiger partial charge in [0, 0.05) is 16.9 Å². The predicted molar refractivity (Wildman–Crippen MR) is 101 cm³/mol. The lowest BCUT2D eigenvalue weighted by molar-refractivity contribution is -0.120. The molecule has 0 unspecified atom stereocenters. The van der Waals surface area contributed by atoms with Gasteiger partial charge < -0.3 is 9.73 Å². The van der Waals surface area contributed by atoms with Crippen molar-refractivity contribution < 1.29 is 14.0 Å². The maximum atomic E-state index is 12.1. The maximum Gasteiger partial charge on any atom is 0.260 e. The number of carbonyl (C=O) groups excluding carboxylic acids is 2. The second kappa shape index (κ2) is 8.16. The molecule has 0 atom stereocenters. The Morgan fingerprint density at radius 1 is 1.23 bits per heavy atom. The number of rotatable bonds is 6. The Labute approximate surface area is 159 Å². The zero-order valence-corrected chi connectivity index (χ0v) is 15.5. The molecule has 0 saturated carbocycles. The average molecular weight is 390 g/mol. The lowest BCUT2D eigenvalue weighted by Gasteiger charge is -2.04. The maximum absolute atomic E-state index is 12.1. The van der Waals surface area contributed by atoms with Crippen molar-refractivity contribution in [2.75, 3.05) is 5.32 Å². The number of amides is 2. The molecule has 2 aromatic heterocycles. The van der Waals surface area contributed by atoms with Crippen LogP contribution in [0.15, 0.2) is 46.4 Å². The highest BCUT2D eigenvalue weighted by molar-refractivity contribution is 7.14. The molecule has 2 amide bonds. The zero-order chi connectivity index (χ0) is 18.5. The van der Waals surface area contributed by atoms with Crippen LogP contribution >= 0.6 is 22.9 Å². The van der Waals surface area contributed by atoms with Crippen LogP contribution in [0.1, 0.15) is 27.4 Å². The molecule has 2 N–H and O–H groups in total. The molecule has 3 aromatic rings. The minimum Gasteiger partial charge on any atom is -0.469 e. The highest BCUT2D eigenvalue weighted by atomic mass is 35.5. The number of aromatic nitrogens is 1. The fourth-order valence-electron chi connectivity index (χ4n) is 2.26. The summed E-state index contributed by atoms with van der Waals surface area (Å²) in [6, 6.07) is 8.87. The van der Waals surface area contributed by atoms with Gasteiger partial charge in [0.15, 0.2) is 5.13 Å². The largest absolute Gasteiger partial charge is 0.469 e. The molecule has 0 aliphatic rings. The normalized spacial score (nSPS) is 10.5. The highest BCUT2D eigenvalue weighted by Gasteiger charge is 2.14. The van der Waals surface area contributed by atoms with E-state index in [1.54, 1.807) is 30.5 Å². The minimum absolute atomic E-state index is 0.144. The number of nitrogens with zero attached hydrogens (tertiary/aromatic N) is 1. The van der Waals surface area contributed by atoms with Gasteiger partial charge in [-0.25, -0.2) is 4.98 Å². The van der Waals surface area contributed by atoms with Gasteiger partial charge in [-0.1, -0.05) is 23.7 Å². The van der Waals surface area contributed by atoms with E-state index in [4.69, 9.17) is 16.0 Å². The van der Waals surface area contributed by atoms with Crippen molar-refractivity contribution in [2.24, 2.45) is 0 Å². The number of aryl methyl sites for hydroxylation is 1. The van der Waals surface area contributed by atoms with E-state index < -0.39 is 0 Å². The summed E-state index contributed by atoms with van der Waals surface area (Å²) in [5.74, 6) is 0.110. The second-order valence-electron chi connectivity index (χ2n) is 5.57. The van der Waals surface area contributed by atoms with Crippen LogP contribution < -0.4 is 10.6 Å². The van der Waals surface area contributed by atoms with Crippen molar-refractivity contribution >= 4 is 39.9 Å². The van der Waals surface area contributed by atoms with E-state index in [2.05, 4.69) is 15.6 Å². The molecule has 0 fully saturated rings. The topological polar surface area (TPSA) is 84.2 Å². The van der Waals surface area contributed by atoms with Crippen molar-refractivity contribution in [3.05, 3.63) is 69.6 Å². The third-order valence-corrected chi connectivity index (χ3v) is 4.68. The molecule has 26 heavy (non-hydrogen) atoms. The predicted octanol–water partition coefficient (Wildman–Crippen LogP) is 3.81. The molecule has 134 valence electrons. The van der Waals surface area contributed by atoms with Gasteiger partial charge in [-0.15, -0.1) is 11.3 Å². The Balaban J connectivity index is 1.51. The lowest BCUT2D eigenvalue weighted by Crippen LogP contribution is -2.24. The molecular weight excluding hydrogens is 374 g/mol. The van der Waals surface area contributed by atoms with Crippen molar-refractivity contribution in [2.45, 2.75) is 19.9 Å². The van der Waals surface area contributed by atoms with Crippen LogP contribution in [-0.2, 0) is 17.8 Å². The van der Waals surface area contributed by atoms with Gasteiger partial charge in [0.2, 0.25) is 5.91 Å². The smallest absolute Gasteiger partial charge is 0.260 e. The van der Waals surface area contributed by atoms with E-state index in [9.17, 15) is 9.59 Å². The van der Waals surface area contributed by atoms with Gasteiger partial charge in [-0.3, -0.25) is 14.9 Å². The zero-order valence-electron chi connectivity index (χ0n) is 13.9. The number of hydrogen-bond donors (Lipinski definition) is 2. The summed E-state index contributed by atoms with van der Waals surface area (Å²) in [6.45, 7) is 2.14. The average Bonchev–Trinajstić information content (AvgIpc) is 3.23.